The van der Waals surface area contributed by atoms with Gasteiger partial charge in [-0.1, -0.05) is 27.2 Å². The molecule has 158 valence electrons. The van der Waals surface area contributed by atoms with Gasteiger partial charge in [0.05, 0.1) is 0 Å². The van der Waals surface area contributed by atoms with Crippen molar-refractivity contribution < 1.29 is 23.8 Å². The average molecular weight is 403 g/mol. The fourth-order valence-electron chi connectivity index (χ4n) is 3.10. The number of amides is 1. The van der Waals surface area contributed by atoms with E-state index >= 15 is 0 Å². The average Bonchev–Trinajstić information content (AvgIpc) is 2.64. The molecule has 1 aromatic heterocycles. The zero-order valence-electron chi connectivity index (χ0n) is 17.4. The third kappa shape index (κ3) is 6.34. The zero-order valence-corrected chi connectivity index (χ0v) is 17.4. The largest absolute Gasteiger partial charge is 0.481 e. The van der Waals surface area contributed by atoms with Gasteiger partial charge in [-0.05, 0) is 49.8 Å². The lowest BCUT2D eigenvalue weighted by atomic mass is 10.0. The summed E-state index contributed by atoms with van der Waals surface area (Å²) in [7, 11) is 0. The highest BCUT2D eigenvalue weighted by molar-refractivity contribution is 5.86. The number of carboxylic acid groups (broad SMARTS) is 1. The van der Waals surface area contributed by atoms with E-state index < -0.39 is 29.6 Å². The molecule has 0 aliphatic rings. The molecule has 2 rings (SSSR count). The van der Waals surface area contributed by atoms with E-state index in [1.54, 1.807) is 19.1 Å². The Labute approximate surface area is 170 Å². The summed E-state index contributed by atoms with van der Waals surface area (Å²) in [6.07, 6.45) is 2.19. The first-order valence-electron chi connectivity index (χ1n) is 9.97. The SMILES string of the molecule is CCCCc1cc(=O)oc2cc(O[C@@H](C)C(=O)N[C@H](CC(C)C)C(=O)O)ccc12. The van der Waals surface area contributed by atoms with Crippen LogP contribution >= 0.6 is 0 Å². The van der Waals surface area contributed by atoms with E-state index in [1.165, 1.54) is 6.07 Å². The number of ether oxygens (including phenoxy) is 1. The summed E-state index contributed by atoms with van der Waals surface area (Å²) in [5.41, 5.74) is 0.898. The van der Waals surface area contributed by atoms with Crippen LogP contribution < -0.4 is 15.7 Å². The van der Waals surface area contributed by atoms with Crippen LogP contribution in [0.1, 0.15) is 52.5 Å². The molecule has 1 aromatic carbocycles. The van der Waals surface area contributed by atoms with Crippen LogP contribution in [0.2, 0.25) is 0 Å². The molecule has 0 unspecified atom stereocenters. The number of hydrogen-bond acceptors (Lipinski definition) is 5. The van der Waals surface area contributed by atoms with E-state index in [0.29, 0.717) is 17.8 Å². The molecule has 7 heteroatoms. The Balaban J connectivity index is 2.15. The highest BCUT2D eigenvalue weighted by Crippen LogP contribution is 2.24. The molecule has 1 heterocycles. The molecule has 0 saturated carbocycles. The maximum absolute atomic E-state index is 12.4. The number of hydrogen-bond donors (Lipinski definition) is 2. The summed E-state index contributed by atoms with van der Waals surface area (Å²) >= 11 is 0. The number of carboxylic acids is 1. The van der Waals surface area contributed by atoms with Crippen LogP contribution in [0, 0.1) is 5.92 Å². The second-order valence-corrected chi connectivity index (χ2v) is 7.64. The lowest BCUT2D eigenvalue weighted by Gasteiger charge is -2.20. The molecule has 7 nitrogen and oxygen atoms in total. The van der Waals surface area contributed by atoms with Crippen LogP contribution in [0.25, 0.3) is 11.0 Å². The Morgan fingerprint density at radius 3 is 2.55 bits per heavy atom. The Morgan fingerprint density at radius 2 is 1.93 bits per heavy atom. The van der Waals surface area contributed by atoms with Gasteiger partial charge < -0.3 is 19.6 Å². The van der Waals surface area contributed by atoms with Gasteiger partial charge in [-0.15, -0.1) is 0 Å². The molecule has 0 saturated heterocycles. The molecular weight excluding hydrogens is 374 g/mol. The van der Waals surface area contributed by atoms with Crippen molar-refractivity contribution in [1.29, 1.82) is 0 Å². The van der Waals surface area contributed by atoms with Crippen LogP contribution in [0.4, 0.5) is 0 Å². The minimum Gasteiger partial charge on any atom is -0.481 e. The quantitative estimate of drug-likeness (QED) is 0.588. The third-order valence-corrected chi connectivity index (χ3v) is 4.61. The number of fused-ring (bicyclic) bond motifs is 1. The molecule has 0 aliphatic carbocycles. The number of rotatable bonds is 10. The third-order valence-electron chi connectivity index (χ3n) is 4.61. The first kappa shape index (κ1) is 22.5. The number of aliphatic carboxylic acids is 1. The molecule has 2 N–H and O–H groups in total. The number of carbonyl (C=O) groups is 2. The van der Waals surface area contributed by atoms with E-state index in [4.69, 9.17) is 9.15 Å². The van der Waals surface area contributed by atoms with Crippen molar-refractivity contribution in [3.8, 4) is 5.75 Å². The molecule has 2 aromatic rings. The molecule has 0 spiro atoms. The van der Waals surface area contributed by atoms with Crippen LogP contribution in [0.3, 0.4) is 0 Å². The highest BCUT2D eigenvalue weighted by atomic mass is 16.5. The predicted octanol–water partition coefficient (Wildman–Crippen LogP) is 3.52. The second kappa shape index (κ2) is 10.1. The first-order chi connectivity index (χ1) is 13.7. The topological polar surface area (TPSA) is 106 Å². The van der Waals surface area contributed by atoms with E-state index in [2.05, 4.69) is 12.2 Å². The van der Waals surface area contributed by atoms with Gasteiger partial charge in [0.1, 0.15) is 17.4 Å². The molecule has 0 aliphatic heterocycles. The number of benzene rings is 1. The van der Waals surface area contributed by atoms with Crippen molar-refractivity contribution in [2.45, 2.75) is 65.5 Å². The van der Waals surface area contributed by atoms with Gasteiger partial charge in [-0.2, -0.15) is 0 Å². The summed E-state index contributed by atoms with van der Waals surface area (Å²) in [4.78, 5) is 35.6. The van der Waals surface area contributed by atoms with Gasteiger partial charge in [0.25, 0.3) is 5.91 Å². The summed E-state index contributed by atoms with van der Waals surface area (Å²) in [5.74, 6) is -1.10. The smallest absolute Gasteiger partial charge is 0.336 e. The lowest BCUT2D eigenvalue weighted by Crippen LogP contribution is -2.46. The molecule has 0 radical (unpaired) electrons. The molecule has 0 bridgehead atoms. The van der Waals surface area contributed by atoms with E-state index in [9.17, 15) is 19.5 Å². The normalized spacial score (nSPS) is 13.3. The Bertz CT molecular complexity index is 917. The monoisotopic (exact) mass is 403 g/mol. The summed E-state index contributed by atoms with van der Waals surface area (Å²) < 4.78 is 11.0. The van der Waals surface area contributed by atoms with Crippen molar-refractivity contribution in [2.75, 3.05) is 0 Å². The highest BCUT2D eigenvalue weighted by Gasteiger charge is 2.24. The van der Waals surface area contributed by atoms with Crippen LogP contribution in [-0.4, -0.2) is 29.1 Å². The Kier molecular flexibility index (Phi) is 7.82. The Hall–Kier alpha value is -2.83. The number of carbonyl (C=O) groups excluding carboxylic acids is 1. The van der Waals surface area contributed by atoms with Crippen LogP contribution in [0.5, 0.6) is 5.75 Å². The van der Waals surface area contributed by atoms with Gasteiger partial charge in [-0.3, -0.25) is 4.79 Å². The molecule has 1 amide bonds. The van der Waals surface area contributed by atoms with Crippen LogP contribution in [-0.2, 0) is 16.0 Å². The minimum atomic E-state index is -1.08. The van der Waals surface area contributed by atoms with E-state index in [-0.39, 0.29) is 5.92 Å². The minimum absolute atomic E-state index is 0.123. The fourth-order valence-corrected chi connectivity index (χ4v) is 3.10. The summed E-state index contributed by atoms with van der Waals surface area (Å²) in [6.45, 7) is 7.41. The van der Waals surface area contributed by atoms with Crippen molar-refractivity contribution >= 4 is 22.8 Å². The van der Waals surface area contributed by atoms with Crippen molar-refractivity contribution in [3.63, 3.8) is 0 Å². The number of aryl methyl sites for hydroxylation is 1. The van der Waals surface area contributed by atoms with Crippen molar-refractivity contribution in [3.05, 3.63) is 40.2 Å². The lowest BCUT2D eigenvalue weighted by molar-refractivity contribution is -0.143. The van der Waals surface area contributed by atoms with Crippen molar-refractivity contribution in [2.24, 2.45) is 5.92 Å². The molecular formula is C22H29NO6. The van der Waals surface area contributed by atoms with E-state index in [1.807, 2.05) is 19.9 Å². The van der Waals surface area contributed by atoms with E-state index in [0.717, 1.165) is 30.2 Å². The fraction of sp³-hybridized carbons (Fsp3) is 0.500. The van der Waals surface area contributed by atoms with Gasteiger partial charge in [-0.25, -0.2) is 9.59 Å². The van der Waals surface area contributed by atoms with Gasteiger partial charge in [0.15, 0.2) is 6.10 Å². The second-order valence-electron chi connectivity index (χ2n) is 7.64. The zero-order chi connectivity index (χ0) is 21.6. The molecule has 29 heavy (non-hydrogen) atoms. The Morgan fingerprint density at radius 1 is 1.21 bits per heavy atom. The number of unbranched alkanes of at least 4 members (excludes halogenated alkanes) is 1. The maximum Gasteiger partial charge on any atom is 0.336 e. The van der Waals surface area contributed by atoms with Crippen molar-refractivity contribution in [1.82, 2.24) is 5.32 Å². The summed E-state index contributed by atoms with van der Waals surface area (Å²) in [5, 5.41) is 12.6. The summed E-state index contributed by atoms with van der Waals surface area (Å²) in [6, 6.07) is 5.64. The standard InChI is InChI=1S/C22H29NO6/c1-5-6-7-15-11-20(24)29-19-12-16(8-9-17(15)19)28-14(4)21(25)23-18(22(26)27)10-13(2)3/h8-9,11-14,18H,5-7,10H2,1-4H3,(H,23,25)(H,26,27)/t14-,18+/m0/s1. The number of nitrogens with one attached hydrogen (secondary N) is 1. The maximum atomic E-state index is 12.4. The molecule has 0 fully saturated rings. The molecule has 2 atom stereocenters. The van der Waals surface area contributed by atoms with Gasteiger partial charge >= 0.3 is 11.6 Å². The van der Waals surface area contributed by atoms with Crippen LogP contribution in [0.15, 0.2) is 33.5 Å². The predicted molar refractivity (Wildman–Crippen MR) is 110 cm³/mol. The van der Waals surface area contributed by atoms with Gasteiger partial charge in [0.2, 0.25) is 0 Å². The van der Waals surface area contributed by atoms with Gasteiger partial charge in [0, 0.05) is 17.5 Å². The first-order valence-corrected chi connectivity index (χ1v) is 9.97.